The molecule has 5 heteroatoms. The number of likely N-dealkylation sites (tertiary alicyclic amines) is 1. The van der Waals surface area contributed by atoms with Crippen LogP contribution in [0.15, 0.2) is 5.38 Å². The van der Waals surface area contributed by atoms with Gasteiger partial charge in [0.05, 0.1) is 11.7 Å². The number of aliphatic hydroxyl groups excluding tert-OH is 1. The summed E-state index contributed by atoms with van der Waals surface area (Å²) in [6.45, 7) is 8.38. The molecule has 1 aromatic heterocycles. The highest BCUT2D eigenvalue weighted by atomic mass is 32.1. The Labute approximate surface area is 137 Å². The first-order chi connectivity index (χ1) is 10.6. The molecule has 2 atom stereocenters. The molecule has 0 aromatic carbocycles. The second-order valence-corrected chi connectivity index (χ2v) is 7.38. The van der Waals surface area contributed by atoms with Crippen LogP contribution in [0.3, 0.4) is 0 Å². The van der Waals surface area contributed by atoms with E-state index in [4.69, 9.17) is 0 Å². The molecule has 1 aliphatic heterocycles. The number of nitrogens with zero attached hydrogens (tertiary/aromatic N) is 1. The lowest BCUT2D eigenvalue weighted by molar-refractivity contribution is -0.123. The van der Waals surface area contributed by atoms with E-state index < -0.39 is 0 Å². The molecule has 0 radical (unpaired) electrons. The van der Waals surface area contributed by atoms with Gasteiger partial charge in [0.1, 0.15) is 0 Å². The first-order valence-electron chi connectivity index (χ1n) is 8.27. The number of anilines is 1. The number of thiophene rings is 1. The number of rotatable bonds is 6. The number of piperidine rings is 1. The van der Waals surface area contributed by atoms with Crippen LogP contribution in [0, 0.1) is 19.8 Å². The lowest BCUT2D eigenvalue weighted by Crippen LogP contribution is -2.49. The minimum absolute atomic E-state index is 0.0658. The van der Waals surface area contributed by atoms with E-state index in [0.717, 1.165) is 54.9 Å². The average molecular weight is 324 g/mol. The minimum Gasteiger partial charge on any atom is -0.396 e. The molecule has 22 heavy (non-hydrogen) atoms. The van der Waals surface area contributed by atoms with Gasteiger partial charge >= 0.3 is 0 Å². The molecule has 0 spiro atoms. The second-order valence-electron chi connectivity index (χ2n) is 6.29. The number of hydrogen-bond donors (Lipinski definition) is 2. The van der Waals surface area contributed by atoms with Gasteiger partial charge in [-0.3, -0.25) is 9.69 Å². The molecule has 2 rings (SSSR count). The summed E-state index contributed by atoms with van der Waals surface area (Å²) in [7, 11) is 0. The largest absolute Gasteiger partial charge is 0.396 e. The number of carbonyl (C=O) groups is 1. The van der Waals surface area contributed by atoms with Gasteiger partial charge in [0, 0.05) is 11.5 Å². The Morgan fingerprint density at radius 3 is 2.86 bits per heavy atom. The lowest BCUT2D eigenvalue weighted by atomic mass is 9.88. The quantitative estimate of drug-likeness (QED) is 0.845. The van der Waals surface area contributed by atoms with Crippen molar-refractivity contribution in [3.8, 4) is 0 Å². The monoisotopic (exact) mass is 324 g/mol. The average Bonchev–Trinajstić information content (AvgIpc) is 2.81. The van der Waals surface area contributed by atoms with Gasteiger partial charge in [-0.05, 0) is 69.5 Å². The molecule has 0 bridgehead atoms. The molecule has 1 saturated heterocycles. The van der Waals surface area contributed by atoms with Gasteiger partial charge in [-0.15, -0.1) is 11.3 Å². The molecule has 0 saturated carbocycles. The summed E-state index contributed by atoms with van der Waals surface area (Å²) in [5.74, 6) is 0.569. The molecular formula is C17H28N2O2S. The van der Waals surface area contributed by atoms with Gasteiger partial charge < -0.3 is 10.4 Å². The molecule has 1 unspecified atom stereocenters. The van der Waals surface area contributed by atoms with E-state index in [0.29, 0.717) is 5.92 Å². The van der Waals surface area contributed by atoms with Crippen molar-refractivity contribution >= 4 is 22.9 Å². The van der Waals surface area contributed by atoms with Crippen LogP contribution in [0.2, 0.25) is 0 Å². The third-order valence-corrected chi connectivity index (χ3v) is 5.61. The zero-order valence-electron chi connectivity index (χ0n) is 13.9. The molecule has 1 fully saturated rings. The van der Waals surface area contributed by atoms with Crippen LogP contribution in [0.4, 0.5) is 5.69 Å². The molecule has 0 aliphatic carbocycles. The maximum Gasteiger partial charge on any atom is 0.241 e. The van der Waals surface area contributed by atoms with Crippen LogP contribution in [0.5, 0.6) is 0 Å². The fraction of sp³-hybridized carbons (Fsp3) is 0.706. The fourth-order valence-electron chi connectivity index (χ4n) is 3.32. The van der Waals surface area contributed by atoms with Crippen molar-refractivity contribution in [2.75, 3.05) is 25.0 Å². The van der Waals surface area contributed by atoms with Gasteiger partial charge in [0.25, 0.3) is 0 Å². The van der Waals surface area contributed by atoms with Gasteiger partial charge in [-0.2, -0.15) is 0 Å². The summed E-state index contributed by atoms with van der Waals surface area (Å²) in [6, 6.07) is -0.0658. The van der Waals surface area contributed by atoms with Gasteiger partial charge in [0.15, 0.2) is 0 Å². The van der Waals surface area contributed by atoms with Crippen molar-refractivity contribution in [3.63, 3.8) is 0 Å². The number of aryl methyl sites for hydroxylation is 2. The van der Waals surface area contributed by atoms with E-state index in [1.54, 1.807) is 11.3 Å². The highest BCUT2D eigenvalue weighted by molar-refractivity contribution is 7.10. The highest BCUT2D eigenvalue weighted by Gasteiger charge is 2.33. The Morgan fingerprint density at radius 1 is 1.50 bits per heavy atom. The van der Waals surface area contributed by atoms with E-state index in [1.807, 2.05) is 13.8 Å². The van der Waals surface area contributed by atoms with Crippen molar-refractivity contribution in [3.05, 3.63) is 15.8 Å². The third-order valence-electron chi connectivity index (χ3n) is 4.58. The maximum absolute atomic E-state index is 12.8. The topological polar surface area (TPSA) is 52.6 Å². The summed E-state index contributed by atoms with van der Waals surface area (Å²) in [4.78, 5) is 16.3. The number of nitrogens with one attached hydrogen (secondary N) is 1. The van der Waals surface area contributed by atoms with Crippen LogP contribution >= 0.6 is 11.3 Å². The number of carbonyl (C=O) groups excluding carboxylic acids is 1. The first kappa shape index (κ1) is 17.4. The SMILES string of the molecule is CCCN1CCC(CCO)C[C@H]1C(=O)Nc1c(C)csc1C. The Hall–Kier alpha value is -0.910. The molecule has 2 heterocycles. The van der Waals surface area contributed by atoms with E-state index in [2.05, 4.69) is 22.5 Å². The summed E-state index contributed by atoms with van der Waals surface area (Å²) in [5.41, 5.74) is 2.12. The van der Waals surface area contributed by atoms with E-state index in [1.165, 1.54) is 0 Å². The molecule has 2 N–H and O–H groups in total. The Balaban J connectivity index is 2.08. The smallest absolute Gasteiger partial charge is 0.241 e. The Kier molecular flexibility index (Phi) is 6.41. The molecular weight excluding hydrogens is 296 g/mol. The van der Waals surface area contributed by atoms with Crippen LogP contribution in [-0.4, -0.2) is 41.7 Å². The van der Waals surface area contributed by atoms with Crippen LogP contribution in [0.1, 0.15) is 43.0 Å². The summed E-state index contributed by atoms with van der Waals surface area (Å²) in [5, 5.41) is 14.4. The van der Waals surface area contributed by atoms with Gasteiger partial charge in [-0.1, -0.05) is 6.92 Å². The number of amides is 1. The van der Waals surface area contributed by atoms with Crippen molar-refractivity contribution in [2.45, 2.75) is 52.5 Å². The van der Waals surface area contributed by atoms with E-state index in [-0.39, 0.29) is 18.6 Å². The summed E-state index contributed by atoms with van der Waals surface area (Å²) in [6.07, 6.45) is 3.81. The predicted molar refractivity (Wildman–Crippen MR) is 92.5 cm³/mol. The minimum atomic E-state index is -0.0658. The summed E-state index contributed by atoms with van der Waals surface area (Å²) < 4.78 is 0. The van der Waals surface area contributed by atoms with E-state index >= 15 is 0 Å². The zero-order valence-corrected chi connectivity index (χ0v) is 14.7. The fourth-order valence-corrected chi connectivity index (χ4v) is 4.13. The molecule has 124 valence electrons. The van der Waals surface area contributed by atoms with Crippen molar-refractivity contribution in [1.29, 1.82) is 0 Å². The van der Waals surface area contributed by atoms with Crippen molar-refractivity contribution in [2.24, 2.45) is 5.92 Å². The van der Waals surface area contributed by atoms with Gasteiger partial charge in [-0.25, -0.2) is 0 Å². The number of aliphatic hydroxyl groups is 1. The molecule has 4 nitrogen and oxygen atoms in total. The van der Waals surface area contributed by atoms with Crippen molar-refractivity contribution in [1.82, 2.24) is 4.90 Å². The van der Waals surface area contributed by atoms with Crippen molar-refractivity contribution < 1.29 is 9.90 Å². The first-order valence-corrected chi connectivity index (χ1v) is 9.15. The lowest BCUT2D eigenvalue weighted by Gasteiger charge is -2.38. The Bertz CT molecular complexity index is 481. The van der Waals surface area contributed by atoms with Crippen LogP contribution in [0.25, 0.3) is 0 Å². The highest BCUT2D eigenvalue weighted by Crippen LogP contribution is 2.29. The second kappa shape index (κ2) is 8.09. The molecule has 1 aliphatic rings. The maximum atomic E-state index is 12.8. The normalized spacial score (nSPS) is 22.7. The summed E-state index contributed by atoms with van der Waals surface area (Å²) >= 11 is 1.68. The Morgan fingerprint density at radius 2 is 2.27 bits per heavy atom. The van der Waals surface area contributed by atoms with Crippen LogP contribution < -0.4 is 5.32 Å². The number of hydrogen-bond acceptors (Lipinski definition) is 4. The van der Waals surface area contributed by atoms with E-state index in [9.17, 15) is 9.90 Å². The third kappa shape index (κ3) is 4.09. The van der Waals surface area contributed by atoms with Crippen LogP contribution in [-0.2, 0) is 4.79 Å². The zero-order chi connectivity index (χ0) is 16.1. The predicted octanol–water partition coefficient (Wildman–Crippen LogP) is 3.18. The standard InChI is InChI=1S/C17H28N2O2S/c1-4-7-19-8-5-14(6-9-20)10-15(19)17(21)18-16-12(2)11-22-13(16)3/h11,14-15,20H,4-10H2,1-3H3,(H,18,21)/t14?,15-/m0/s1. The molecule has 1 aromatic rings. The molecule has 1 amide bonds. The van der Waals surface area contributed by atoms with Gasteiger partial charge in [0.2, 0.25) is 5.91 Å².